The normalized spacial score (nSPS) is 37.3. The lowest BCUT2D eigenvalue weighted by Crippen LogP contribution is -1.94. The highest BCUT2D eigenvalue weighted by atomic mass is 28.2. The fourth-order valence-corrected chi connectivity index (χ4v) is 2.05. The molecular formula is C5H12Si. The largest absolute Gasteiger partial charge is 0.0628 e. The SMILES string of the molecule is [2H][Si]1([2H])CCCCC1. The second-order valence-electron chi connectivity index (χ2n) is 1.81. The van der Waals surface area contributed by atoms with Crippen LogP contribution in [-0.4, -0.2) is 11.9 Å². The first-order valence-corrected chi connectivity index (χ1v) is 4.12. The van der Waals surface area contributed by atoms with Gasteiger partial charge in [0.15, 0.2) is 0 Å². The van der Waals surface area contributed by atoms with E-state index in [2.05, 4.69) is 0 Å². The standard InChI is InChI=1S/C5H12Si/c1-2-4-6-5-3-1/h1-6H2/i6D2. The maximum Gasteiger partial charge on any atom is 0.0197 e. The molecule has 1 rings (SSSR count). The van der Waals surface area contributed by atoms with Crippen molar-refractivity contribution in [1.82, 2.24) is 0 Å². The quantitative estimate of drug-likeness (QED) is 0.403. The molecule has 0 aromatic rings. The van der Waals surface area contributed by atoms with Gasteiger partial charge in [-0.15, -0.1) is 0 Å². The third-order valence-electron chi connectivity index (χ3n) is 1.21. The fourth-order valence-electron chi connectivity index (χ4n) is 0.802. The third kappa shape index (κ3) is 1.13. The third-order valence-corrected chi connectivity index (χ3v) is 2.62. The Hall–Kier alpha value is 0.217. The highest BCUT2D eigenvalue weighted by molar-refractivity contribution is 6.35. The van der Waals surface area contributed by atoms with Crippen molar-refractivity contribution in [3.63, 3.8) is 0 Å². The molecule has 1 aliphatic heterocycles. The van der Waals surface area contributed by atoms with E-state index >= 15 is 0 Å². The zero-order valence-corrected chi connectivity index (χ0v) is 5.04. The summed E-state index contributed by atoms with van der Waals surface area (Å²) in [7, 11) is -2.09. The predicted octanol–water partition coefficient (Wildman–Crippen LogP) is 1.18. The monoisotopic (exact) mass is 102 g/mol. The molecule has 0 N–H and O–H groups in total. The van der Waals surface area contributed by atoms with Gasteiger partial charge < -0.3 is 0 Å². The van der Waals surface area contributed by atoms with E-state index in [-0.39, 0.29) is 0 Å². The first-order chi connectivity index (χ1) is 3.71. The molecule has 0 bridgehead atoms. The minimum Gasteiger partial charge on any atom is -0.0628 e. The van der Waals surface area contributed by atoms with Gasteiger partial charge in [-0.2, -0.15) is 0 Å². The van der Waals surface area contributed by atoms with E-state index in [1.807, 2.05) is 0 Å². The van der Waals surface area contributed by atoms with Gasteiger partial charge in [-0.3, -0.25) is 0 Å². The number of hydrogen-bond donors (Lipinski definition) is 0. The molecule has 0 atom stereocenters. The minimum atomic E-state index is -2.09. The molecule has 6 heavy (non-hydrogen) atoms. The molecule has 0 aliphatic carbocycles. The summed E-state index contributed by atoms with van der Waals surface area (Å²) in [5, 5.41) is 0. The Balaban J connectivity index is 2.33. The number of hydrogen-bond acceptors (Lipinski definition) is 0. The van der Waals surface area contributed by atoms with Gasteiger partial charge in [0.1, 0.15) is 0 Å². The van der Waals surface area contributed by atoms with E-state index in [0.717, 1.165) is 24.9 Å². The van der Waals surface area contributed by atoms with Crippen LogP contribution in [0.25, 0.3) is 0 Å². The highest BCUT2D eigenvalue weighted by Crippen LogP contribution is 2.10. The topological polar surface area (TPSA) is 0 Å². The average molecular weight is 102 g/mol. The molecule has 0 nitrogen and oxygen atoms in total. The Morgan fingerprint density at radius 2 is 1.83 bits per heavy atom. The van der Waals surface area contributed by atoms with Crippen LogP contribution in [0.4, 0.5) is 0 Å². The molecule has 0 aromatic carbocycles. The summed E-state index contributed by atoms with van der Waals surface area (Å²) in [6.07, 6.45) is 3.57. The van der Waals surface area contributed by atoms with Gasteiger partial charge in [0, 0.05) is 11.9 Å². The lowest BCUT2D eigenvalue weighted by molar-refractivity contribution is 0.734. The lowest BCUT2D eigenvalue weighted by atomic mass is 10.3. The summed E-state index contributed by atoms with van der Waals surface area (Å²) in [6, 6.07) is 1.85. The molecule has 0 saturated carbocycles. The van der Waals surface area contributed by atoms with Crippen LogP contribution in [0.5, 0.6) is 0 Å². The molecule has 0 aromatic heterocycles. The van der Waals surface area contributed by atoms with Crippen LogP contribution in [0.15, 0.2) is 0 Å². The molecule has 0 amide bonds. The van der Waals surface area contributed by atoms with Gasteiger partial charge >= 0.3 is 0 Å². The van der Waals surface area contributed by atoms with Crippen LogP contribution in [0.1, 0.15) is 19.3 Å². The van der Waals surface area contributed by atoms with Crippen molar-refractivity contribution in [2.24, 2.45) is 0 Å². The van der Waals surface area contributed by atoms with Crippen LogP contribution >= 0.6 is 0 Å². The van der Waals surface area contributed by atoms with Crippen molar-refractivity contribution in [2.45, 2.75) is 31.4 Å². The Bertz CT molecular complexity index is 74.5. The van der Waals surface area contributed by atoms with Crippen LogP contribution in [-0.2, 0) is 0 Å². The zero-order chi connectivity index (χ0) is 6.04. The average Bonchev–Trinajstić information content (AvgIpc) is 1.65. The first kappa shape index (κ1) is 2.51. The maximum absolute atomic E-state index is 7.43. The van der Waals surface area contributed by atoms with Gasteiger partial charge in [-0.05, 0) is 0 Å². The molecular weight excluding hydrogens is 88.1 g/mol. The van der Waals surface area contributed by atoms with E-state index in [1.54, 1.807) is 0 Å². The van der Waals surface area contributed by atoms with Gasteiger partial charge in [-0.25, -0.2) is 0 Å². The van der Waals surface area contributed by atoms with Crippen molar-refractivity contribution in [3.8, 4) is 0 Å². The van der Waals surface area contributed by atoms with Crippen LogP contribution in [0, 0.1) is 0 Å². The Morgan fingerprint density at radius 1 is 1.17 bits per heavy atom. The van der Waals surface area contributed by atoms with Gasteiger partial charge in [0.2, 0.25) is 0 Å². The molecule has 1 aliphatic rings. The van der Waals surface area contributed by atoms with Crippen LogP contribution in [0.3, 0.4) is 0 Å². The van der Waals surface area contributed by atoms with Crippen LogP contribution in [0.2, 0.25) is 12.1 Å². The van der Waals surface area contributed by atoms with Gasteiger partial charge in [0.25, 0.3) is 0 Å². The smallest absolute Gasteiger partial charge is 0.0197 e. The summed E-state index contributed by atoms with van der Waals surface area (Å²) < 4.78 is 14.9. The van der Waals surface area contributed by atoms with Crippen LogP contribution < -0.4 is 0 Å². The Morgan fingerprint density at radius 3 is 2.17 bits per heavy atom. The Labute approximate surface area is 44.2 Å². The van der Waals surface area contributed by atoms with Gasteiger partial charge in [-0.1, -0.05) is 31.4 Å². The maximum atomic E-state index is 7.43. The summed E-state index contributed by atoms with van der Waals surface area (Å²) in [6.45, 7) is 0. The number of rotatable bonds is 0. The highest BCUT2D eigenvalue weighted by Gasteiger charge is 1.96. The summed E-state index contributed by atoms with van der Waals surface area (Å²) >= 11 is 0. The van der Waals surface area contributed by atoms with E-state index < -0.39 is 9.38 Å². The van der Waals surface area contributed by atoms with E-state index in [0.29, 0.717) is 0 Å². The van der Waals surface area contributed by atoms with E-state index in [9.17, 15) is 0 Å². The molecule has 1 heteroatoms. The molecule has 1 saturated heterocycles. The fraction of sp³-hybridized carbons (Fsp3) is 1.00. The van der Waals surface area contributed by atoms with E-state index in [4.69, 9.17) is 2.47 Å². The minimum absolute atomic E-state index is 0.924. The van der Waals surface area contributed by atoms with Crippen molar-refractivity contribution < 1.29 is 0 Å². The summed E-state index contributed by atoms with van der Waals surface area (Å²) in [4.78, 5) is 0. The summed E-state index contributed by atoms with van der Waals surface area (Å²) in [5.41, 5.74) is 0. The van der Waals surface area contributed by atoms with Crippen molar-refractivity contribution in [2.75, 3.05) is 0 Å². The zero-order valence-electron chi connectivity index (χ0n) is 6.04. The predicted molar refractivity (Wildman–Crippen MR) is 32.0 cm³/mol. The first-order valence-electron chi connectivity index (χ1n) is 3.71. The second-order valence-corrected chi connectivity index (χ2v) is 3.31. The molecule has 1 fully saturated rings. The van der Waals surface area contributed by atoms with Gasteiger partial charge in [0.05, 0.1) is 0 Å². The summed E-state index contributed by atoms with van der Waals surface area (Å²) in [5.74, 6) is 0. The van der Waals surface area contributed by atoms with Crippen molar-refractivity contribution in [1.29, 1.82) is 2.47 Å². The lowest BCUT2D eigenvalue weighted by Gasteiger charge is -2.04. The second kappa shape index (κ2) is 2.40. The molecule has 36 valence electrons. The molecule has 1 heterocycles. The van der Waals surface area contributed by atoms with Crippen molar-refractivity contribution >= 4 is 9.38 Å². The Kier molecular flexibility index (Phi) is 1.00. The molecule has 0 spiro atoms. The van der Waals surface area contributed by atoms with Crippen molar-refractivity contribution in [3.05, 3.63) is 0 Å². The molecule has 0 unspecified atom stereocenters. The van der Waals surface area contributed by atoms with E-state index in [1.165, 1.54) is 6.42 Å². The molecule has 0 radical (unpaired) electrons.